The SMILES string of the molecule is CC(C)C[C@H](NC(=O)c1ccc(OCCc2ccccn2)cc1)C(=O)NCC#N. The van der Waals surface area contributed by atoms with E-state index in [-0.39, 0.29) is 24.3 Å². The number of rotatable bonds is 10. The molecular formula is C22H26N4O3. The molecular weight excluding hydrogens is 368 g/mol. The van der Waals surface area contributed by atoms with Gasteiger partial charge in [-0.25, -0.2) is 0 Å². The average molecular weight is 394 g/mol. The maximum absolute atomic E-state index is 12.5. The van der Waals surface area contributed by atoms with E-state index in [2.05, 4.69) is 15.6 Å². The Balaban J connectivity index is 1.90. The molecule has 1 atom stereocenters. The Morgan fingerprint density at radius 2 is 1.93 bits per heavy atom. The molecule has 0 spiro atoms. The first-order valence-corrected chi connectivity index (χ1v) is 9.58. The fraction of sp³-hybridized carbons (Fsp3) is 0.364. The number of nitrogens with zero attached hydrogens (tertiary/aromatic N) is 2. The summed E-state index contributed by atoms with van der Waals surface area (Å²) in [5.74, 6) is 0.164. The van der Waals surface area contributed by atoms with E-state index in [1.165, 1.54) is 0 Å². The van der Waals surface area contributed by atoms with Gasteiger partial charge in [-0.2, -0.15) is 5.26 Å². The summed E-state index contributed by atoms with van der Waals surface area (Å²) in [5, 5.41) is 13.9. The smallest absolute Gasteiger partial charge is 0.251 e. The van der Waals surface area contributed by atoms with Crippen LogP contribution in [0.4, 0.5) is 0 Å². The van der Waals surface area contributed by atoms with Crippen molar-refractivity contribution in [3.8, 4) is 11.8 Å². The molecule has 2 aromatic rings. The summed E-state index contributed by atoms with van der Waals surface area (Å²) < 4.78 is 5.69. The molecule has 0 aliphatic rings. The number of pyridine rings is 1. The van der Waals surface area contributed by atoms with E-state index in [4.69, 9.17) is 10.00 Å². The maximum Gasteiger partial charge on any atom is 0.251 e. The van der Waals surface area contributed by atoms with E-state index in [0.717, 1.165) is 5.69 Å². The second kappa shape index (κ2) is 11.4. The Hall–Kier alpha value is -3.40. The van der Waals surface area contributed by atoms with Crippen molar-refractivity contribution >= 4 is 11.8 Å². The van der Waals surface area contributed by atoms with Crippen LogP contribution in [0.5, 0.6) is 5.75 Å². The highest BCUT2D eigenvalue weighted by Crippen LogP contribution is 2.13. The molecule has 2 rings (SSSR count). The Labute approximate surface area is 171 Å². The molecule has 0 radical (unpaired) electrons. The number of carbonyl (C=O) groups excluding carboxylic acids is 2. The molecule has 0 saturated heterocycles. The van der Waals surface area contributed by atoms with Gasteiger partial charge in [0.2, 0.25) is 5.91 Å². The van der Waals surface area contributed by atoms with Gasteiger partial charge in [-0.15, -0.1) is 0 Å². The molecule has 0 unspecified atom stereocenters. The van der Waals surface area contributed by atoms with E-state index in [1.54, 1.807) is 30.5 Å². The number of nitriles is 1. The summed E-state index contributed by atoms with van der Waals surface area (Å²) in [6, 6.07) is 13.7. The van der Waals surface area contributed by atoms with Crippen molar-refractivity contribution < 1.29 is 14.3 Å². The largest absolute Gasteiger partial charge is 0.493 e. The molecule has 0 fully saturated rings. The average Bonchev–Trinajstić information content (AvgIpc) is 2.72. The highest BCUT2D eigenvalue weighted by molar-refractivity contribution is 5.97. The minimum Gasteiger partial charge on any atom is -0.493 e. The monoisotopic (exact) mass is 394 g/mol. The van der Waals surface area contributed by atoms with Crippen LogP contribution in [0.2, 0.25) is 0 Å². The zero-order valence-corrected chi connectivity index (χ0v) is 16.7. The Morgan fingerprint density at radius 3 is 2.55 bits per heavy atom. The van der Waals surface area contributed by atoms with Crippen molar-refractivity contribution in [3.05, 3.63) is 59.9 Å². The van der Waals surface area contributed by atoms with Crippen LogP contribution < -0.4 is 15.4 Å². The van der Waals surface area contributed by atoms with Crippen molar-refractivity contribution in [2.45, 2.75) is 32.7 Å². The van der Waals surface area contributed by atoms with E-state index in [0.29, 0.717) is 30.8 Å². The van der Waals surface area contributed by atoms with E-state index < -0.39 is 6.04 Å². The van der Waals surface area contributed by atoms with Crippen LogP contribution in [0.3, 0.4) is 0 Å². The number of hydrogen-bond donors (Lipinski definition) is 2. The molecule has 1 aromatic heterocycles. The lowest BCUT2D eigenvalue weighted by Gasteiger charge is -2.19. The molecule has 0 bridgehead atoms. The highest BCUT2D eigenvalue weighted by Gasteiger charge is 2.22. The second-order valence-corrected chi connectivity index (χ2v) is 6.98. The predicted molar refractivity (Wildman–Crippen MR) is 109 cm³/mol. The predicted octanol–water partition coefficient (Wildman–Crippen LogP) is 2.49. The standard InChI is InChI=1S/C22H26N4O3/c1-16(2)15-20(22(28)25-13-11-23)26-21(27)17-6-8-19(9-7-17)29-14-10-18-5-3-4-12-24-18/h3-9,12,16,20H,10,13-15H2,1-2H3,(H,25,28)(H,26,27)/t20-/m0/s1. The van der Waals surface area contributed by atoms with Crippen molar-refractivity contribution in [2.24, 2.45) is 5.92 Å². The topological polar surface area (TPSA) is 104 Å². The van der Waals surface area contributed by atoms with E-state index in [1.807, 2.05) is 38.1 Å². The third-order valence-electron chi connectivity index (χ3n) is 4.14. The van der Waals surface area contributed by atoms with E-state index >= 15 is 0 Å². The van der Waals surface area contributed by atoms with Crippen molar-refractivity contribution in [3.63, 3.8) is 0 Å². The lowest BCUT2D eigenvalue weighted by Crippen LogP contribution is -2.47. The zero-order chi connectivity index (χ0) is 21.1. The van der Waals surface area contributed by atoms with Crippen LogP contribution in [0.1, 0.15) is 36.3 Å². The summed E-state index contributed by atoms with van der Waals surface area (Å²) >= 11 is 0. The van der Waals surface area contributed by atoms with Crippen LogP contribution >= 0.6 is 0 Å². The maximum atomic E-state index is 12.5. The number of carbonyl (C=O) groups is 2. The molecule has 7 nitrogen and oxygen atoms in total. The van der Waals surface area contributed by atoms with Gasteiger partial charge in [0.15, 0.2) is 0 Å². The third-order valence-corrected chi connectivity index (χ3v) is 4.14. The van der Waals surface area contributed by atoms with Gasteiger partial charge in [0.25, 0.3) is 5.91 Å². The van der Waals surface area contributed by atoms with Gasteiger partial charge in [-0.1, -0.05) is 19.9 Å². The number of nitrogens with one attached hydrogen (secondary N) is 2. The quantitative estimate of drug-likeness (QED) is 0.603. The lowest BCUT2D eigenvalue weighted by atomic mass is 10.0. The third kappa shape index (κ3) is 7.62. The van der Waals surface area contributed by atoms with Gasteiger partial charge in [0.05, 0.1) is 12.7 Å². The first kappa shape index (κ1) is 21.9. The summed E-state index contributed by atoms with van der Waals surface area (Å²) in [7, 11) is 0. The van der Waals surface area contributed by atoms with Gasteiger partial charge >= 0.3 is 0 Å². The van der Waals surface area contributed by atoms with Crippen LogP contribution in [0, 0.1) is 17.2 Å². The van der Waals surface area contributed by atoms with Gasteiger partial charge in [0.1, 0.15) is 18.3 Å². The first-order chi connectivity index (χ1) is 14.0. The molecule has 7 heteroatoms. The van der Waals surface area contributed by atoms with Gasteiger partial charge in [-0.3, -0.25) is 14.6 Å². The molecule has 0 aliphatic carbocycles. The zero-order valence-electron chi connectivity index (χ0n) is 16.7. The van der Waals surface area contributed by atoms with Crippen LogP contribution in [0.15, 0.2) is 48.7 Å². The lowest BCUT2D eigenvalue weighted by molar-refractivity contribution is -0.123. The summed E-state index contributed by atoms with van der Waals surface area (Å²) in [5.41, 5.74) is 1.39. The molecule has 2 N–H and O–H groups in total. The van der Waals surface area contributed by atoms with Crippen molar-refractivity contribution in [2.75, 3.05) is 13.2 Å². The van der Waals surface area contributed by atoms with Gasteiger partial charge in [-0.05, 0) is 48.7 Å². The van der Waals surface area contributed by atoms with Crippen molar-refractivity contribution in [1.82, 2.24) is 15.6 Å². The summed E-state index contributed by atoms with van der Waals surface area (Å²) in [6.07, 6.45) is 2.92. The molecule has 1 aromatic carbocycles. The fourth-order valence-electron chi connectivity index (χ4n) is 2.72. The fourth-order valence-corrected chi connectivity index (χ4v) is 2.72. The molecule has 152 valence electrons. The number of benzene rings is 1. The normalized spacial score (nSPS) is 11.4. The molecule has 29 heavy (non-hydrogen) atoms. The molecule has 2 amide bonds. The van der Waals surface area contributed by atoms with Gasteiger partial charge in [0, 0.05) is 23.9 Å². The first-order valence-electron chi connectivity index (χ1n) is 9.58. The minimum atomic E-state index is -0.690. The second-order valence-electron chi connectivity index (χ2n) is 6.98. The number of ether oxygens (including phenoxy) is 1. The Kier molecular flexibility index (Phi) is 8.64. The number of amides is 2. The van der Waals surface area contributed by atoms with Crippen molar-refractivity contribution in [1.29, 1.82) is 5.26 Å². The van der Waals surface area contributed by atoms with Crippen LogP contribution in [0.25, 0.3) is 0 Å². The Morgan fingerprint density at radius 1 is 1.17 bits per heavy atom. The highest BCUT2D eigenvalue weighted by atomic mass is 16.5. The molecule has 1 heterocycles. The Bertz CT molecular complexity index is 829. The molecule has 0 aliphatic heterocycles. The summed E-state index contributed by atoms with van der Waals surface area (Å²) in [6.45, 7) is 4.33. The van der Waals surface area contributed by atoms with Gasteiger partial charge < -0.3 is 15.4 Å². The van der Waals surface area contributed by atoms with Crippen LogP contribution in [-0.2, 0) is 11.2 Å². The summed E-state index contributed by atoms with van der Waals surface area (Å²) in [4.78, 5) is 29.0. The van der Waals surface area contributed by atoms with Crippen LogP contribution in [-0.4, -0.2) is 36.0 Å². The minimum absolute atomic E-state index is 0.0894. The number of hydrogen-bond acceptors (Lipinski definition) is 5. The van der Waals surface area contributed by atoms with E-state index in [9.17, 15) is 9.59 Å². The molecule has 0 saturated carbocycles. The number of aromatic nitrogens is 1.